The second kappa shape index (κ2) is 5.41. The number of rotatable bonds is 3. The second-order valence-corrected chi connectivity index (χ2v) is 3.93. The van der Waals surface area contributed by atoms with Crippen LogP contribution in [0.15, 0.2) is 54.9 Å². The second-order valence-electron chi connectivity index (χ2n) is 3.49. The van der Waals surface area contributed by atoms with Gasteiger partial charge in [0.2, 0.25) is 0 Å². The van der Waals surface area contributed by atoms with Crippen LogP contribution >= 0.6 is 11.6 Å². The fourth-order valence-electron chi connectivity index (χ4n) is 1.39. The number of allylic oxidation sites excluding steroid dienone is 1. The normalized spacial score (nSPS) is 10.6. The van der Waals surface area contributed by atoms with Gasteiger partial charge in [-0.2, -0.15) is 0 Å². The minimum Gasteiger partial charge on any atom is -0.289 e. The van der Waals surface area contributed by atoms with E-state index < -0.39 is 0 Å². The van der Waals surface area contributed by atoms with Crippen LogP contribution in [-0.2, 0) is 0 Å². The van der Waals surface area contributed by atoms with Gasteiger partial charge in [-0.15, -0.1) is 0 Å². The average molecular weight is 244 g/mol. The number of aromatic nitrogens is 1. The highest BCUT2D eigenvalue weighted by Gasteiger charge is 2.00. The lowest BCUT2D eigenvalue weighted by Gasteiger charge is -1.95. The first-order valence-electron chi connectivity index (χ1n) is 5.14. The van der Waals surface area contributed by atoms with Crippen LogP contribution in [0.25, 0.3) is 6.08 Å². The Balaban J connectivity index is 2.14. The molecule has 0 amide bonds. The Morgan fingerprint density at radius 1 is 1.24 bits per heavy atom. The van der Waals surface area contributed by atoms with Crippen LogP contribution in [0, 0.1) is 0 Å². The summed E-state index contributed by atoms with van der Waals surface area (Å²) in [6.07, 6.45) is 6.44. The summed E-state index contributed by atoms with van der Waals surface area (Å²) in [5.41, 5.74) is 1.47. The predicted molar refractivity (Wildman–Crippen MR) is 69.1 cm³/mol. The van der Waals surface area contributed by atoms with Crippen LogP contribution in [-0.4, -0.2) is 10.8 Å². The van der Waals surface area contributed by atoms with Crippen molar-refractivity contribution in [3.8, 4) is 0 Å². The molecule has 0 N–H and O–H groups in total. The number of pyridine rings is 1. The van der Waals surface area contributed by atoms with Crippen molar-refractivity contribution in [2.75, 3.05) is 0 Å². The molecule has 2 rings (SSSR count). The molecule has 0 atom stereocenters. The van der Waals surface area contributed by atoms with Crippen molar-refractivity contribution in [1.82, 2.24) is 4.98 Å². The first-order valence-corrected chi connectivity index (χ1v) is 5.51. The van der Waals surface area contributed by atoms with Crippen molar-refractivity contribution in [2.45, 2.75) is 0 Å². The number of benzene rings is 1. The molecule has 0 aliphatic heterocycles. The third kappa shape index (κ3) is 3.26. The predicted octanol–water partition coefficient (Wildman–Crippen LogP) is 3.63. The topological polar surface area (TPSA) is 30.0 Å². The zero-order chi connectivity index (χ0) is 12.1. The molecule has 0 unspecified atom stereocenters. The van der Waals surface area contributed by atoms with Crippen LogP contribution in [0.3, 0.4) is 0 Å². The first-order chi connectivity index (χ1) is 8.25. The molecule has 0 saturated heterocycles. The van der Waals surface area contributed by atoms with Gasteiger partial charge in [-0.25, -0.2) is 0 Å². The lowest BCUT2D eigenvalue weighted by Crippen LogP contribution is -1.93. The van der Waals surface area contributed by atoms with E-state index in [1.54, 1.807) is 42.7 Å². The van der Waals surface area contributed by atoms with E-state index in [0.29, 0.717) is 10.6 Å². The molecule has 0 aliphatic carbocycles. The maximum atomic E-state index is 11.7. The van der Waals surface area contributed by atoms with E-state index in [9.17, 15) is 4.79 Å². The molecule has 1 aromatic heterocycles. The monoisotopic (exact) mass is 243 g/mol. The van der Waals surface area contributed by atoms with Gasteiger partial charge in [0, 0.05) is 23.0 Å². The van der Waals surface area contributed by atoms with Gasteiger partial charge in [0.1, 0.15) is 0 Å². The molecule has 1 heterocycles. The summed E-state index contributed by atoms with van der Waals surface area (Å²) in [4.78, 5) is 15.6. The number of carbonyl (C=O) groups is 1. The van der Waals surface area contributed by atoms with E-state index in [2.05, 4.69) is 4.98 Å². The van der Waals surface area contributed by atoms with Crippen LogP contribution in [0.5, 0.6) is 0 Å². The zero-order valence-electron chi connectivity index (χ0n) is 9.01. The Labute approximate surface area is 105 Å². The number of halogens is 1. The van der Waals surface area contributed by atoms with Gasteiger partial charge < -0.3 is 0 Å². The smallest absolute Gasteiger partial charge is 0.187 e. The molecule has 1 aromatic carbocycles. The minimum atomic E-state index is -0.0712. The van der Waals surface area contributed by atoms with Crippen molar-refractivity contribution in [2.24, 2.45) is 0 Å². The van der Waals surface area contributed by atoms with Crippen molar-refractivity contribution >= 4 is 23.5 Å². The molecule has 0 saturated carbocycles. The number of ketones is 1. The number of hydrogen-bond acceptors (Lipinski definition) is 2. The first kappa shape index (κ1) is 11.6. The SMILES string of the molecule is O=C(C=Cc1cccc(Cl)c1)c1cccnc1. The van der Waals surface area contributed by atoms with Gasteiger partial charge in [-0.1, -0.05) is 29.8 Å². The average Bonchev–Trinajstić information content (AvgIpc) is 2.37. The number of hydrogen-bond donors (Lipinski definition) is 0. The molecule has 17 heavy (non-hydrogen) atoms. The van der Waals surface area contributed by atoms with Crippen molar-refractivity contribution in [1.29, 1.82) is 0 Å². The fourth-order valence-corrected chi connectivity index (χ4v) is 1.59. The molecule has 2 aromatic rings. The van der Waals surface area contributed by atoms with E-state index in [0.717, 1.165) is 5.56 Å². The van der Waals surface area contributed by atoms with Crippen LogP contribution in [0.4, 0.5) is 0 Å². The zero-order valence-corrected chi connectivity index (χ0v) is 9.76. The third-order valence-electron chi connectivity index (χ3n) is 2.22. The Morgan fingerprint density at radius 3 is 2.82 bits per heavy atom. The molecule has 0 bridgehead atoms. The molecule has 84 valence electrons. The summed E-state index contributed by atoms with van der Waals surface area (Å²) in [5.74, 6) is -0.0712. The van der Waals surface area contributed by atoms with Gasteiger partial charge in [0.05, 0.1) is 0 Å². The molecule has 0 aliphatic rings. The van der Waals surface area contributed by atoms with E-state index in [-0.39, 0.29) is 5.78 Å². The third-order valence-corrected chi connectivity index (χ3v) is 2.46. The highest BCUT2D eigenvalue weighted by Crippen LogP contribution is 2.12. The van der Waals surface area contributed by atoms with E-state index in [1.807, 2.05) is 12.1 Å². The molecule has 0 radical (unpaired) electrons. The highest BCUT2D eigenvalue weighted by atomic mass is 35.5. The van der Waals surface area contributed by atoms with Crippen molar-refractivity contribution in [3.05, 3.63) is 71.0 Å². The summed E-state index contributed by atoms with van der Waals surface area (Å²) in [6, 6.07) is 10.8. The number of carbonyl (C=O) groups excluding carboxylic acids is 1. The minimum absolute atomic E-state index is 0.0712. The van der Waals surface area contributed by atoms with Crippen LogP contribution < -0.4 is 0 Å². The molecule has 0 spiro atoms. The molecule has 3 heteroatoms. The molecule has 2 nitrogen and oxygen atoms in total. The molecular formula is C14H10ClNO. The highest BCUT2D eigenvalue weighted by molar-refractivity contribution is 6.30. The number of nitrogens with zero attached hydrogens (tertiary/aromatic N) is 1. The maximum Gasteiger partial charge on any atom is 0.187 e. The van der Waals surface area contributed by atoms with Crippen LogP contribution in [0.1, 0.15) is 15.9 Å². The summed E-state index contributed by atoms with van der Waals surface area (Å²) in [5, 5.41) is 0.654. The van der Waals surface area contributed by atoms with Crippen LogP contribution in [0.2, 0.25) is 5.02 Å². The largest absolute Gasteiger partial charge is 0.289 e. The van der Waals surface area contributed by atoms with Crippen molar-refractivity contribution in [3.63, 3.8) is 0 Å². The summed E-state index contributed by atoms with van der Waals surface area (Å²) < 4.78 is 0. The fraction of sp³-hybridized carbons (Fsp3) is 0. The lowest BCUT2D eigenvalue weighted by molar-refractivity contribution is 0.104. The molecular weight excluding hydrogens is 234 g/mol. The van der Waals surface area contributed by atoms with Gasteiger partial charge in [-0.05, 0) is 35.9 Å². The summed E-state index contributed by atoms with van der Waals surface area (Å²) in [6.45, 7) is 0. The van der Waals surface area contributed by atoms with Gasteiger partial charge in [0.25, 0.3) is 0 Å². The maximum absolute atomic E-state index is 11.7. The Bertz CT molecular complexity index is 549. The Kier molecular flexibility index (Phi) is 3.68. The van der Waals surface area contributed by atoms with E-state index >= 15 is 0 Å². The Morgan fingerprint density at radius 2 is 2.12 bits per heavy atom. The standard InChI is InChI=1S/C14H10ClNO/c15-13-5-1-3-11(9-13)6-7-14(17)12-4-2-8-16-10-12/h1-10H. The van der Waals surface area contributed by atoms with E-state index in [1.165, 1.54) is 6.08 Å². The lowest BCUT2D eigenvalue weighted by atomic mass is 10.1. The quantitative estimate of drug-likeness (QED) is 0.609. The van der Waals surface area contributed by atoms with Gasteiger partial charge in [-0.3, -0.25) is 9.78 Å². The molecule has 0 fully saturated rings. The summed E-state index contributed by atoms with van der Waals surface area (Å²) in [7, 11) is 0. The van der Waals surface area contributed by atoms with Gasteiger partial charge in [0.15, 0.2) is 5.78 Å². The Hall–Kier alpha value is -1.93. The van der Waals surface area contributed by atoms with Crippen molar-refractivity contribution < 1.29 is 4.79 Å². The van der Waals surface area contributed by atoms with E-state index in [4.69, 9.17) is 11.6 Å². The summed E-state index contributed by atoms with van der Waals surface area (Å²) >= 11 is 5.85. The van der Waals surface area contributed by atoms with Gasteiger partial charge >= 0.3 is 0 Å².